The molecular formula is CH4BCoCu. The molecule has 0 heterocycles. The monoisotopic (exact) mass is 149 g/mol. The second-order valence-corrected chi connectivity index (χ2v) is 0. The van der Waals surface area contributed by atoms with Crippen molar-refractivity contribution in [3.8, 4) is 0 Å². The molecule has 4 heavy (non-hydrogen) atoms. The van der Waals surface area contributed by atoms with Crippen LogP contribution in [0.2, 0.25) is 0 Å². The Morgan fingerprint density at radius 3 is 1.00 bits per heavy atom. The summed E-state index contributed by atoms with van der Waals surface area (Å²) in [6.07, 6.45) is 0. The molecule has 31 valence electrons. The number of hydrogen-bond acceptors (Lipinski definition) is 0. The maximum absolute atomic E-state index is 0. The first kappa shape index (κ1) is 71.6. The smallest absolute Gasteiger partial charge is 0 e. The van der Waals surface area contributed by atoms with Crippen LogP contribution >= 0.6 is 0 Å². The van der Waals surface area contributed by atoms with Gasteiger partial charge in [0.1, 0.15) is 0 Å². The van der Waals surface area contributed by atoms with Crippen LogP contribution in [0.15, 0.2) is 0 Å². The summed E-state index contributed by atoms with van der Waals surface area (Å²) in [7, 11) is 0. The van der Waals surface area contributed by atoms with Crippen molar-refractivity contribution in [2.24, 2.45) is 0 Å². The minimum Gasteiger partial charge on any atom is -0.0776 e. The summed E-state index contributed by atoms with van der Waals surface area (Å²) < 4.78 is 0. The van der Waals surface area contributed by atoms with Gasteiger partial charge >= 0.3 is 0 Å². The Labute approximate surface area is 50.0 Å². The summed E-state index contributed by atoms with van der Waals surface area (Å²) in [6.45, 7) is 0. The van der Waals surface area contributed by atoms with Gasteiger partial charge in [-0.2, -0.15) is 0 Å². The van der Waals surface area contributed by atoms with Crippen LogP contribution in [-0.4, -0.2) is 8.41 Å². The van der Waals surface area contributed by atoms with E-state index < -0.39 is 0 Å². The molecule has 5 radical (unpaired) electrons. The van der Waals surface area contributed by atoms with Gasteiger partial charge in [0.05, 0.1) is 0 Å². The molecule has 0 aromatic carbocycles. The molecule has 0 saturated carbocycles. The summed E-state index contributed by atoms with van der Waals surface area (Å²) in [6, 6.07) is 0. The van der Waals surface area contributed by atoms with Gasteiger partial charge in [0.15, 0.2) is 0 Å². The van der Waals surface area contributed by atoms with E-state index in [9.17, 15) is 0 Å². The summed E-state index contributed by atoms with van der Waals surface area (Å²) in [5.74, 6) is 0. The molecule has 0 N–H and O–H groups in total. The van der Waals surface area contributed by atoms with E-state index in [1.165, 1.54) is 0 Å². The van der Waals surface area contributed by atoms with Crippen LogP contribution in [0.3, 0.4) is 0 Å². The molecule has 0 rings (SSSR count). The van der Waals surface area contributed by atoms with Crippen LogP contribution in [0.1, 0.15) is 7.43 Å². The molecule has 0 aromatic heterocycles. The zero-order valence-corrected chi connectivity index (χ0v) is 3.19. The second-order valence-electron chi connectivity index (χ2n) is 0. The largest absolute Gasteiger partial charge is 0.0776 e. The van der Waals surface area contributed by atoms with Gasteiger partial charge in [-0.3, -0.25) is 0 Å². The Bertz CT molecular complexity index is 8.00. The van der Waals surface area contributed by atoms with Crippen molar-refractivity contribution >= 4 is 8.41 Å². The van der Waals surface area contributed by atoms with E-state index in [4.69, 9.17) is 0 Å². The average molecular weight is 149 g/mol. The fraction of sp³-hybridized carbons (Fsp3) is 1.00. The molecule has 0 aliphatic rings. The predicted octanol–water partition coefficient (Wildman–Crippen LogP) is 0.250. The van der Waals surface area contributed by atoms with Gasteiger partial charge in [-0.1, -0.05) is 7.43 Å². The van der Waals surface area contributed by atoms with Crippen LogP contribution in [0.5, 0.6) is 0 Å². The van der Waals surface area contributed by atoms with E-state index in [1.807, 2.05) is 0 Å². The molecule has 0 aliphatic heterocycles. The molecule has 0 bridgehead atoms. The van der Waals surface area contributed by atoms with Crippen LogP contribution in [0.25, 0.3) is 0 Å². The molecular weight excluding hydrogens is 145 g/mol. The van der Waals surface area contributed by atoms with Crippen LogP contribution in [-0.2, 0) is 33.8 Å². The first-order valence-corrected chi connectivity index (χ1v) is 0. The Balaban J connectivity index is 0. The summed E-state index contributed by atoms with van der Waals surface area (Å²) in [4.78, 5) is 0. The van der Waals surface area contributed by atoms with Crippen LogP contribution in [0.4, 0.5) is 0 Å². The van der Waals surface area contributed by atoms with Gasteiger partial charge in [0, 0.05) is 42.3 Å². The zero-order valence-electron chi connectivity index (χ0n) is 1.21. The first-order chi connectivity index (χ1) is 0. The standard InChI is InChI=1S/CH4.B.Co.Cu/h1H4;;;. The minimum absolute atomic E-state index is 0. The van der Waals surface area contributed by atoms with Crippen LogP contribution in [0, 0.1) is 0 Å². The van der Waals surface area contributed by atoms with E-state index in [0.717, 1.165) is 0 Å². The van der Waals surface area contributed by atoms with Crippen LogP contribution < -0.4 is 0 Å². The fourth-order valence-electron chi connectivity index (χ4n) is 0. The van der Waals surface area contributed by atoms with Gasteiger partial charge in [-0.15, -0.1) is 0 Å². The molecule has 0 amide bonds. The normalized spacial score (nSPS) is 0. The Morgan fingerprint density at radius 2 is 1.00 bits per heavy atom. The van der Waals surface area contributed by atoms with Crippen molar-refractivity contribution in [3.63, 3.8) is 0 Å². The Morgan fingerprint density at radius 1 is 1.00 bits per heavy atom. The maximum atomic E-state index is 0. The van der Waals surface area contributed by atoms with Gasteiger partial charge < -0.3 is 0 Å². The minimum atomic E-state index is 0. The zero-order chi connectivity index (χ0) is 0. The molecule has 0 unspecified atom stereocenters. The van der Waals surface area contributed by atoms with E-state index in [1.54, 1.807) is 0 Å². The number of rotatable bonds is 0. The summed E-state index contributed by atoms with van der Waals surface area (Å²) in [5, 5.41) is 0. The van der Waals surface area contributed by atoms with E-state index in [-0.39, 0.29) is 49.7 Å². The van der Waals surface area contributed by atoms with Crippen molar-refractivity contribution in [2.45, 2.75) is 7.43 Å². The molecule has 0 aromatic rings. The van der Waals surface area contributed by atoms with Gasteiger partial charge in [0.25, 0.3) is 0 Å². The van der Waals surface area contributed by atoms with E-state index >= 15 is 0 Å². The van der Waals surface area contributed by atoms with Crippen molar-refractivity contribution in [3.05, 3.63) is 0 Å². The third-order valence-electron chi connectivity index (χ3n) is 0. The van der Waals surface area contributed by atoms with Crippen molar-refractivity contribution in [1.82, 2.24) is 0 Å². The average Bonchev–Trinajstić information content (AvgIpc) is 0. The first-order valence-electron chi connectivity index (χ1n) is 0. The van der Waals surface area contributed by atoms with E-state index in [0.29, 0.717) is 0 Å². The van der Waals surface area contributed by atoms with Gasteiger partial charge in [-0.25, -0.2) is 0 Å². The molecule has 0 aliphatic carbocycles. The third kappa shape index (κ3) is 11.4. The molecule has 0 nitrogen and oxygen atoms in total. The maximum Gasteiger partial charge on any atom is 0 e. The molecule has 3 heteroatoms. The summed E-state index contributed by atoms with van der Waals surface area (Å²) >= 11 is 0. The molecule has 0 fully saturated rings. The van der Waals surface area contributed by atoms with Crippen molar-refractivity contribution in [2.75, 3.05) is 0 Å². The van der Waals surface area contributed by atoms with Gasteiger partial charge in [-0.05, 0) is 0 Å². The second kappa shape index (κ2) is 32.8. The van der Waals surface area contributed by atoms with Gasteiger partial charge in [0.2, 0.25) is 0 Å². The van der Waals surface area contributed by atoms with Crippen molar-refractivity contribution < 1.29 is 33.8 Å². The Kier molecular flexibility index (Phi) is 588. The topological polar surface area (TPSA) is 0 Å². The molecule has 0 spiro atoms. The predicted molar refractivity (Wildman–Crippen MR) is 12.5 cm³/mol. The fourth-order valence-corrected chi connectivity index (χ4v) is 0. The van der Waals surface area contributed by atoms with Crippen molar-refractivity contribution in [1.29, 1.82) is 0 Å². The van der Waals surface area contributed by atoms with E-state index in [2.05, 4.69) is 0 Å². The Hall–Kier alpha value is 1.09. The SMILES string of the molecule is C.[B].[Co].[Cu]. The summed E-state index contributed by atoms with van der Waals surface area (Å²) in [5.41, 5.74) is 0. The quantitative estimate of drug-likeness (QED) is 0.433. The molecule has 0 atom stereocenters. The molecule has 0 saturated heterocycles. The third-order valence-corrected chi connectivity index (χ3v) is 0. The number of hydrogen-bond donors (Lipinski definition) is 0.